The van der Waals surface area contributed by atoms with E-state index in [4.69, 9.17) is 5.73 Å². The molecule has 0 saturated heterocycles. The minimum Gasteiger partial charge on any atom is -0.393 e. The van der Waals surface area contributed by atoms with Crippen molar-refractivity contribution in [3.05, 3.63) is 28.3 Å². The average Bonchev–Trinajstić information content (AvgIpc) is 2.25. The van der Waals surface area contributed by atoms with E-state index in [2.05, 4.69) is 0 Å². The summed E-state index contributed by atoms with van der Waals surface area (Å²) in [6.45, 7) is 0.887. The van der Waals surface area contributed by atoms with Gasteiger partial charge in [-0.2, -0.15) is 11.8 Å². The van der Waals surface area contributed by atoms with E-state index in [1.807, 2.05) is 18.2 Å². The van der Waals surface area contributed by atoms with Crippen molar-refractivity contribution in [3.8, 4) is 0 Å². The summed E-state index contributed by atoms with van der Waals surface area (Å²) in [6.07, 6.45) is 2.04. The summed E-state index contributed by atoms with van der Waals surface area (Å²) in [6, 6.07) is 4.80. The van der Waals surface area contributed by atoms with Crippen LogP contribution in [0, 0.1) is 10.1 Å². The molecule has 1 rings (SSSR count). The van der Waals surface area contributed by atoms with E-state index in [0.29, 0.717) is 0 Å². The normalized spacial score (nSPS) is 10.1. The van der Waals surface area contributed by atoms with Crippen LogP contribution in [0.4, 0.5) is 17.1 Å². The lowest BCUT2D eigenvalue weighted by molar-refractivity contribution is -0.383. The summed E-state index contributed by atoms with van der Waals surface area (Å²) in [4.78, 5) is 12.1. The molecule has 0 fully saturated rings. The minimum atomic E-state index is -0.471. The second-order valence-corrected chi connectivity index (χ2v) is 4.40. The van der Waals surface area contributed by atoms with E-state index in [-0.39, 0.29) is 11.4 Å². The van der Waals surface area contributed by atoms with Crippen LogP contribution < -0.4 is 10.6 Å². The Labute approximate surface area is 98.8 Å². The van der Waals surface area contributed by atoms with Crippen molar-refractivity contribution in [1.29, 1.82) is 0 Å². The highest BCUT2D eigenvalue weighted by Gasteiger charge is 2.12. The standard InChI is InChI=1S/C10H15N3O2S/c1-12(5-6-16-2)8-3-4-10(13(14)15)9(11)7-8/h3-4,7H,5-6,11H2,1-2H3. The number of benzene rings is 1. The van der Waals surface area contributed by atoms with Gasteiger partial charge in [0.05, 0.1) is 4.92 Å². The SMILES string of the molecule is CSCCN(C)c1ccc([N+](=O)[O-])c(N)c1. The van der Waals surface area contributed by atoms with Gasteiger partial charge in [0.2, 0.25) is 0 Å². The molecule has 0 spiro atoms. The van der Waals surface area contributed by atoms with Gasteiger partial charge in [-0.15, -0.1) is 0 Å². The molecule has 0 aromatic heterocycles. The highest BCUT2D eigenvalue weighted by molar-refractivity contribution is 7.98. The van der Waals surface area contributed by atoms with E-state index in [9.17, 15) is 10.1 Å². The summed E-state index contributed by atoms with van der Waals surface area (Å²) in [5.41, 5.74) is 6.68. The molecule has 0 radical (unpaired) electrons. The summed E-state index contributed by atoms with van der Waals surface area (Å²) < 4.78 is 0. The fourth-order valence-electron chi connectivity index (χ4n) is 1.30. The van der Waals surface area contributed by atoms with E-state index in [0.717, 1.165) is 18.0 Å². The fourth-order valence-corrected chi connectivity index (χ4v) is 1.76. The molecule has 0 aliphatic rings. The third-order valence-electron chi connectivity index (χ3n) is 2.28. The number of anilines is 2. The lowest BCUT2D eigenvalue weighted by atomic mass is 10.2. The number of hydrogen-bond donors (Lipinski definition) is 1. The van der Waals surface area contributed by atoms with E-state index >= 15 is 0 Å². The molecule has 0 amide bonds. The molecule has 16 heavy (non-hydrogen) atoms. The van der Waals surface area contributed by atoms with Crippen molar-refractivity contribution >= 4 is 28.8 Å². The van der Waals surface area contributed by atoms with Crippen LogP contribution in [0.3, 0.4) is 0 Å². The zero-order valence-electron chi connectivity index (χ0n) is 9.34. The van der Waals surface area contributed by atoms with Crippen molar-refractivity contribution in [2.24, 2.45) is 0 Å². The highest BCUT2D eigenvalue weighted by atomic mass is 32.2. The number of nitro benzene ring substituents is 1. The maximum Gasteiger partial charge on any atom is 0.292 e. The van der Waals surface area contributed by atoms with E-state index in [1.165, 1.54) is 6.07 Å². The van der Waals surface area contributed by atoms with Crippen LogP contribution in [0.5, 0.6) is 0 Å². The molecule has 0 bridgehead atoms. The third kappa shape index (κ3) is 3.03. The predicted octanol–water partition coefficient (Wildman–Crippen LogP) is 1.98. The van der Waals surface area contributed by atoms with Crippen LogP contribution in [0.2, 0.25) is 0 Å². The Morgan fingerprint density at radius 2 is 2.25 bits per heavy atom. The van der Waals surface area contributed by atoms with Gasteiger partial charge in [0.15, 0.2) is 0 Å². The van der Waals surface area contributed by atoms with Gasteiger partial charge in [-0.25, -0.2) is 0 Å². The topological polar surface area (TPSA) is 72.4 Å². The van der Waals surface area contributed by atoms with Crippen molar-refractivity contribution in [2.75, 3.05) is 36.2 Å². The number of thioether (sulfide) groups is 1. The Bertz CT molecular complexity index is 384. The molecule has 1 aromatic carbocycles. The van der Waals surface area contributed by atoms with Gasteiger partial charge >= 0.3 is 0 Å². The van der Waals surface area contributed by atoms with Gasteiger partial charge in [0.1, 0.15) is 5.69 Å². The van der Waals surface area contributed by atoms with E-state index in [1.54, 1.807) is 23.9 Å². The maximum absolute atomic E-state index is 10.6. The zero-order chi connectivity index (χ0) is 12.1. The smallest absolute Gasteiger partial charge is 0.292 e. The molecule has 88 valence electrons. The number of nitro groups is 1. The molecule has 0 saturated carbocycles. The summed E-state index contributed by atoms with van der Waals surface area (Å²) >= 11 is 1.76. The number of nitrogen functional groups attached to an aromatic ring is 1. The zero-order valence-corrected chi connectivity index (χ0v) is 10.2. The van der Waals surface area contributed by atoms with Gasteiger partial charge in [0, 0.05) is 31.1 Å². The Morgan fingerprint density at radius 3 is 2.75 bits per heavy atom. The Balaban J connectivity index is 2.84. The fraction of sp³-hybridized carbons (Fsp3) is 0.400. The van der Waals surface area contributed by atoms with Crippen LogP contribution in [0.1, 0.15) is 0 Å². The molecule has 2 N–H and O–H groups in total. The minimum absolute atomic E-state index is 0.0398. The van der Waals surface area contributed by atoms with Gasteiger partial charge in [0.25, 0.3) is 5.69 Å². The first kappa shape index (κ1) is 12.6. The largest absolute Gasteiger partial charge is 0.393 e. The third-order valence-corrected chi connectivity index (χ3v) is 2.87. The van der Waals surface area contributed by atoms with Gasteiger partial charge in [-0.05, 0) is 18.4 Å². The average molecular weight is 241 g/mol. The van der Waals surface area contributed by atoms with Crippen molar-refractivity contribution in [3.63, 3.8) is 0 Å². The number of nitrogens with two attached hydrogens (primary N) is 1. The molecule has 0 aliphatic heterocycles. The number of hydrogen-bond acceptors (Lipinski definition) is 5. The second-order valence-electron chi connectivity index (χ2n) is 3.41. The molecule has 6 heteroatoms. The lowest BCUT2D eigenvalue weighted by Gasteiger charge is -2.18. The van der Waals surface area contributed by atoms with Crippen LogP contribution in [-0.2, 0) is 0 Å². The van der Waals surface area contributed by atoms with Gasteiger partial charge in [-0.3, -0.25) is 10.1 Å². The van der Waals surface area contributed by atoms with Crippen molar-refractivity contribution in [2.45, 2.75) is 0 Å². The first-order chi connectivity index (χ1) is 7.56. The van der Waals surface area contributed by atoms with Crippen LogP contribution in [0.15, 0.2) is 18.2 Å². The van der Waals surface area contributed by atoms with Gasteiger partial charge in [-0.1, -0.05) is 0 Å². The quantitative estimate of drug-likeness (QED) is 0.485. The molecule has 0 unspecified atom stereocenters. The van der Waals surface area contributed by atoms with Crippen LogP contribution >= 0.6 is 11.8 Å². The van der Waals surface area contributed by atoms with Crippen molar-refractivity contribution < 1.29 is 4.92 Å². The molecule has 0 aliphatic carbocycles. The molecule has 1 aromatic rings. The monoisotopic (exact) mass is 241 g/mol. The maximum atomic E-state index is 10.6. The first-order valence-corrected chi connectivity index (χ1v) is 6.19. The predicted molar refractivity (Wildman–Crippen MR) is 69.2 cm³/mol. The summed E-state index contributed by atoms with van der Waals surface area (Å²) in [7, 11) is 1.94. The lowest BCUT2D eigenvalue weighted by Crippen LogP contribution is -2.20. The molecular formula is C10H15N3O2S. The Morgan fingerprint density at radius 1 is 1.56 bits per heavy atom. The molecule has 0 heterocycles. The molecule has 5 nitrogen and oxygen atoms in total. The van der Waals surface area contributed by atoms with Crippen LogP contribution in [0.25, 0.3) is 0 Å². The van der Waals surface area contributed by atoms with Gasteiger partial charge < -0.3 is 10.6 Å². The first-order valence-electron chi connectivity index (χ1n) is 4.80. The number of nitrogens with zero attached hydrogens (tertiary/aromatic N) is 2. The molecule has 0 atom stereocenters. The Kier molecular flexibility index (Phi) is 4.42. The van der Waals surface area contributed by atoms with Crippen LogP contribution in [-0.4, -0.2) is 30.5 Å². The van der Waals surface area contributed by atoms with Crippen molar-refractivity contribution in [1.82, 2.24) is 0 Å². The molecular weight excluding hydrogens is 226 g/mol. The van der Waals surface area contributed by atoms with E-state index < -0.39 is 4.92 Å². The summed E-state index contributed by atoms with van der Waals surface area (Å²) in [5, 5.41) is 10.6. The number of rotatable bonds is 5. The highest BCUT2D eigenvalue weighted by Crippen LogP contribution is 2.26. The summed E-state index contributed by atoms with van der Waals surface area (Å²) in [5.74, 6) is 1.01. The second kappa shape index (κ2) is 5.60. The Hall–Kier alpha value is -1.43.